The van der Waals surface area contributed by atoms with Crippen molar-refractivity contribution in [2.24, 2.45) is 0 Å². The topological polar surface area (TPSA) is 38.1 Å². The lowest BCUT2D eigenvalue weighted by Crippen LogP contribution is -2.18. The fourth-order valence-electron chi connectivity index (χ4n) is 1.54. The monoisotopic (exact) mass is 270 g/mol. The molecule has 1 N–H and O–H groups in total. The number of hydrogen-bond donors (Lipinski definition) is 1. The van der Waals surface area contributed by atoms with Crippen molar-refractivity contribution in [3.05, 3.63) is 51.8 Å². The van der Waals surface area contributed by atoms with E-state index in [4.69, 9.17) is 27.7 Å². The van der Waals surface area contributed by atoms with Crippen LogP contribution in [0, 0.1) is 0 Å². The molecule has 0 fully saturated rings. The van der Waals surface area contributed by atoms with E-state index in [0.717, 1.165) is 11.3 Å². The Bertz CT molecular complexity index is 485. The van der Waals surface area contributed by atoms with E-state index in [0.29, 0.717) is 16.6 Å². The van der Waals surface area contributed by atoms with Crippen molar-refractivity contribution >= 4 is 23.2 Å². The van der Waals surface area contributed by atoms with Gasteiger partial charge in [-0.3, -0.25) is 0 Å². The summed E-state index contributed by atoms with van der Waals surface area (Å²) in [5.74, 6) is 0.787. The number of rotatable bonds is 4. The van der Waals surface area contributed by atoms with Crippen molar-refractivity contribution in [1.29, 1.82) is 0 Å². The molecule has 1 heterocycles. The van der Waals surface area contributed by atoms with Crippen LogP contribution < -0.4 is 5.32 Å². The summed E-state index contributed by atoms with van der Waals surface area (Å²) in [6.07, 6.45) is 1.62. The first kappa shape index (κ1) is 12.4. The zero-order chi connectivity index (χ0) is 12.3. The minimum Gasteiger partial charge on any atom is -0.360 e. The maximum absolute atomic E-state index is 6.12. The average molecular weight is 271 g/mol. The highest BCUT2D eigenvalue weighted by Gasteiger charge is 2.10. The quantitative estimate of drug-likeness (QED) is 0.918. The average Bonchev–Trinajstić information content (AvgIpc) is 2.82. The molecule has 0 aliphatic carbocycles. The Morgan fingerprint density at radius 3 is 2.88 bits per heavy atom. The Morgan fingerprint density at radius 1 is 1.35 bits per heavy atom. The lowest BCUT2D eigenvalue weighted by Gasteiger charge is -2.15. The molecule has 0 aliphatic heterocycles. The van der Waals surface area contributed by atoms with Gasteiger partial charge in [0, 0.05) is 22.2 Å². The summed E-state index contributed by atoms with van der Waals surface area (Å²) >= 11 is 12.1. The molecule has 17 heavy (non-hydrogen) atoms. The number of nitrogens with zero attached hydrogens (tertiary/aromatic N) is 1. The van der Waals surface area contributed by atoms with Crippen molar-refractivity contribution in [3.63, 3.8) is 0 Å². The minimum absolute atomic E-state index is 0.0892. The summed E-state index contributed by atoms with van der Waals surface area (Å²) in [4.78, 5) is 0. The van der Waals surface area contributed by atoms with Gasteiger partial charge in [-0.05, 0) is 30.7 Å². The van der Waals surface area contributed by atoms with Crippen LogP contribution >= 0.6 is 23.2 Å². The summed E-state index contributed by atoms with van der Waals surface area (Å²) < 4.78 is 5.00. The maximum atomic E-state index is 6.12. The van der Waals surface area contributed by atoms with E-state index in [2.05, 4.69) is 10.5 Å². The second-order valence-corrected chi connectivity index (χ2v) is 4.59. The zero-order valence-corrected chi connectivity index (χ0v) is 10.8. The van der Waals surface area contributed by atoms with Crippen LogP contribution in [0.25, 0.3) is 0 Å². The largest absolute Gasteiger partial charge is 0.360 e. The van der Waals surface area contributed by atoms with Crippen molar-refractivity contribution in [3.8, 4) is 0 Å². The first-order valence-corrected chi connectivity index (χ1v) is 6.00. The number of benzene rings is 1. The van der Waals surface area contributed by atoms with Gasteiger partial charge < -0.3 is 9.84 Å². The van der Waals surface area contributed by atoms with Crippen molar-refractivity contribution < 1.29 is 4.52 Å². The summed E-state index contributed by atoms with van der Waals surface area (Å²) in [5.41, 5.74) is 0.971. The molecule has 0 aliphatic rings. The Hall–Kier alpha value is -1.03. The van der Waals surface area contributed by atoms with E-state index in [1.165, 1.54) is 0 Å². The van der Waals surface area contributed by atoms with Crippen molar-refractivity contribution in [2.75, 3.05) is 0 Å². The van der Waals surface area contributed by atoms with Gasteiger partial charge in [0.1, 0.15) is 5.76 Å². The van der Waals surface area contributed by atoms with Crippen LogP contribution in [-0.2, 0) is 6.54 Å². The molecule has 0 bridgehead atoms. The molecule has 1 atom stereocenters. The Balaban J connectivity index is 2.04. The van der Waals surface area contributed by atoms with Crippen LogP contribution in [0.4, 0.5) is 0 Å². The highest BCUT2D eigenvalue weighted by atomic mass is 35.5. The van der Waals surface area contributed by atoms with Gasteiger partial charge >= 0.3 is 0 Å². The third-order valence-corrected chi connectivity index (χ3v) is 3.08. The molecular formula is C12H12Cl2N2O. The molecule has 1 aromatic carbocycles. The third kappa shape index (κ3) is 3.22. The Labute approximate surface area is 110 Å². The summed E-state index contributed by atoms with van der Waals surface area (Å²) in [6, 6.07) is 7.34. The predicted molar refractivity (Wildman–Crippen MR) is 68.2 cm³/mol. The van der Waals surface area contributed by atoms with Gasteiger partial charge in [-0.15, -0.1) is 0 Å². The summed E-state index contributed by atoms with van der Waals surface area (Å²) in [5, 5.41) is 8.31. The van der Waals surface area contributed by atoms with Gasteiger partial charge in [0.2, 0.25) is 0 Å². The molecule has 1 unspecified atom stereocenters. The smallest absolute Gasteiger partial charge is 0.150 e. The first-order valence-electron chi connectivity index (χ1n) is 5.24. The van der Waals surface area contributed by atoms with Gasteiger partial charge in [-0.25, -0.2) is 0 Å². The first-order chi connectivity index (χ1) is 8.16. The Kier molecular flexibility index (Phi) is 4.05. The fraction of sp³-hybridized carbons (Fsp3) is 0.250. The van der Waals surface area contributed by atoms with Gasteiger partial charge in [-0.2, -0.15) is 0 Å². The molecular weight excluding hydrogens is 259 g/mol. The van der Waals surface area contributed by atoms with Gasteiger partial charge in [0.25, 0.3) is 0 Å². The Morgan fingerprint density at radius 2 is 2.18 bits per heavy atom. The van der Waals surface area contributed by atoms with Gasteiger partial charge in [-0.1, -0.05) is 28.4 Å². The van der Waals surface area contributed by atoms with E-state index in [9.17, 15) is 0 Å². The lowest BCUT2D eigenvalue weighted by atomic mass is 10.1. The molecule has 2 aromatic rings. The number of nitrogens with one attached hydrogen (secondary N) is 1. The molecule has 0 radical (unpaired) electrons. The molecule has 90 valence electrons. The van der Waals surface area contributed by atoms with E-state index >= 15 is 0 Å². The highest BCUT2D eigenvalue weighted by Crippen LogP contribution is 2.26. The van der Waals surface area contributed by atoms with Gasteiger partial charge in [0.05, 0.1) is 12.7 Å². The van der Waals surface area contributed by atoms with Crippen molar-refractivity contribution in [2.45, 2.75) is 19.5 Å². The molecule has 0 amide bonds. The molecule has 5 heteroatoms. The predicted octanol–water partition coefficient (Wildman–Crippen LogP) is 3.83. The molecule has 0 saturated heterocycles. The second-order valence-electron chi connectivity index (χ2n) is 3.75. The number of aromatic nitrogens is 1. The molecule has 2 rings (SSSR count). The molecule has 0 saturated carbocycles. The second kappa shape index (κ2) is 5.54. The third-order valence-electron chi connectivity index (χ3n) is 2.50. The standard InChI is InChI=1S/C12H12Cl2N2O/c1-8(15-7-10-4-5-16-17-10)11-6-9(13)2-3-12(11)14/h2-6,8,15H,7H2,1H3. The summed E-state index contributed by atoms with van der Waals surface area (Å²) in [6.45, 7) is 2.62. The van der Waals surface area contributed by atoms with E-state index in [1.807, 2.05) is 19.1 Å². The number of halogens is 2. The van der Waals surface area contributed by atoms with Crippen LogP contribution in [0.15, 0.2) is 35.0 Å². The van der Waals surface area contributed by atoms with Crippen LogP contribution in [0.2, 0.25) is 10.0 Å². The van der Waals surface area contributed by atoms with Crippen LogP contribution in [0.1, 0.15) is 24.3 Å². The van der Waals surface area contributed by atoms with Crippen LogP contribution in [0.5, 0.6) is 0 Å². The maximum Gasteiger partial charge on any atom is 0.150 e. The van der Waals surface area contributed by atoms with E-state index in [1.54, 1.807) is 18.3 Å². The van der Waals surface area contributed by atoms with Crippen molar-refractivity contribution in [1.82, 2.24) is 10.5 Å². The SMILES string of the molecule is CC(NCc1ccno1)c1cc(Cl)ccc1Cl. The van der Waals surface area contributed by atoms with Gasteiger partial charge in [0.15, 0.2) is 0 Å². The summed E-state index contributed by atoms with van der Waals surface area (Å²) in [7, 11) is 0. The molecule has 0 spiro atoms. The number of hydrogen-bond acceptors (Lipinski definition) is 3. The highest BCUT2D eigenvalue weighted by molar-refractivity contribution is 6.33. The van der Waals surface area contributed by atoms with Crippen LogP contribution in [-0.4, -0.2) is 5.16 Å². The van der Waals surface area contributed by atoms with E-state index in [-0.39, 0.29) is 6.04 Å². The van der Waals surface area contributed by atoms with E-state index < -0.39 is 0 Å². The zero-order valence-electron chi connectivity index (χ0n) is 9.28. The molecule has 1 aromatic heterocycles. The lowest BCUT2D eigenvalue weighted by molar-refractivity contribution is 0.366. The normalized spacial score (nSPS) is 12.6. The fourth-order valence-corrected chi connectivity index (χ4v) is 2.01. The minimum atomic E-state index is 0.0892. The molecule has 3 nitrogen and oxygen atoms in total. The van der Waals surface area contributed by atoms with Crippen LogP contribution in [0.3, 0.4) is 0 Å².